The van der Waals surface area contributed by atoms with Gasteiger partial charge in [0.15, 0.2) is 5.11 Å². The first-order valence-electron chi connectivity index (χ1n) is 13.0. The van der Waals surface area contributed by atoms with Crippen molar-refractivity contribution >= 4 is 34.9 Å². The summed E-state index contributed by atoms with van der Waals surface area (Å²) in [6.07, 6.45) is 1.98. The lowest BCUT2D eigenvalue weighted by Gasteiger charge is -2.26. The second-order valence-electron chi connectivity index (χ2n) is 9.71. The Morgan fingerprint density at radius 1 is 1.07 bits per heavy atom. The Hall–Kier alpha value is -4.50. The molecule has 0 saturated carbocycles. The zero-order valence-electron chi connectivity index (χ0n) is 22.5. The summed E-state index contributed by atoms with van der Waals surface area (Å²) in [6.45, 7) is 4.36. The number of carbonyl (C=O) groups is 2. The van der Waals surface area contributed by atoms with Crippen LogP contribution in [-0.2, 0) is 9.53 Å². The Kier molecular flexibility index (Phi) is 7.93. The van der Waals surface area contributed by atoms with Gasteiger partial charge >= 0.3 is 5.97 Å². The molecule has 1 fully saturated rings. The molecule has 0 radical (unpaired) electrons. The summed E-state index contributed by atoms with van der Waals surface area (Å²) < 4.78 is 11.1. The van der Waals surface area contributed by atoms with E-state index in [-0.39, 0.29) is 24.4 Å². The average Bonchev–Trinajstić information content (AvgIpc) is 3.58. The topological polar surface area (TPSA) is 96.7 Å². The maximum absolute atomic E-state index is 13.0. The van der Waals surface area contributed by atoms with Gasteiger partial charge in [-0.1, -0.05) is 30.3 Å². The van der Waals surface area contributed by atoms with E-state index in [4.69, 9.17) is 21.4 Å². The van der Waals surface area contributed by atoms with Crippen molar-refractivity contribution in [2.24, 2.45) is 0 Å². The summed E-state index contributed by atoms with van der Waals surface area (Å²) in [6, 6.07) is 22.0. The maximum atomic E-state index is 13.0. The number of aromatic nitrogens is 1. The molecule has 0 aliphatic carbocycles. The Morgan fingerprint density at radius 3 is 2.60 bits per heavy atom. The van der Waals surface area contributed by atoms with Crippen LogP contribution in [0.15, 0.2) is 83.4 Å². The molecule has 1 aliphatic heterocycles. The molecule has 8 nitrogen and oxygen atoms in total. The van der Waals surface area contributed by atoms with E-state index in [0.29, 0.717) is 28.7 Å². The van der Waals surface area contributed by atoms with Gasteiger partial charge in [0.05, 0.1) is 24.4 Å². The van der Waals surface area contributed by atoms with Crippen LogP contribution in [-0.4, -0.2) is 40.5 Å². The highest BCUT2D eigenvalue weighted by Gasteiger charge is 2.41. The molecule has 2 aromatic heterocycles. The molecule has 2 aromatic carbocycles. The van der Waals surface area contributed by atoms with Crippen molar-refractivity contribution in [3.63, 3.8) is 0 Å². The quantitative estimate of drug-likeness (QED) is 0.210. The first-order valence-corrected chi connectivity index (χ1v) is 13.4. The minimum Gasteiger partial charge on any atom is -0.465 e. The van der Waals surface area contributed by atoms with Crippen molar-refractivity contribution in [1.29, 1.82) is 0 Å². The summed E-state index contributed by atoms with van der Waals surface area (Å²) in [5.41, 5.74) is 5.00. The van der Waals surface area contributed by atoms with Crippen LogP contribution < -0.4 is 10.6 Å². The van der Waals surface area contributed by atoms with Gasteiger partial charge in [-0.15, -0.1) is 0 Å². The molecule has 2 atom stereocenters. The third kappa shape index (κ3) is 5.74. The molecule has 3 heterocycles. The van der Waals surface area contributed by atoms with E-state index < -0.39 is 5.97 Å². The zero-order valence-corrected chi connectivity index (χ0v) is 23.3. The van der Waals surface area contributed by atoms with E-state index in [2.05, 4.69) is 15.6 Å². The van der Waals surface area contributed by atoms with Crippen molar-refractivity contribution in [3.8, 4) is 11.3 Å². The fourth-order valence-electron chi connectivity index (χ4n) is 4.82. The van der Waals surface area contributed by atoms with E-state index in [1.54, 1.807) is 18.3 Å². The minimum atomic E-state index is -0.396. The number of anilines is 1. The number of thiocarbonyl (C=S) groups is 1. The second-order valence-corrected chi connectivity index (χ2v) is 10.1. The third-order valence-corrected chi connectivity index (χ3v) is 7.31. The van der Waals surface area contributed by atoms with Gasteiger partial charge < -0.3 is 24.7 Å². The number of carbonyl (C=O) groups excluding carboxylic acids is 2. The van der Waals surface area contributed by atoms with E-state index in [0.717, 1.165) is 28.1 Å². The van der Waals surface area contributed by atoms with Crippen molar-refractivity contribution < 1.29 is 18.7 Å². The number of esters is 1. The number of nitrogens with one attached hydrogen (secondary N) is 2. The van der Waals surface area contributed by atoms with Gasteiger partial charge in [-0.25, -0.2) is 4.79 Å². The van der Waals surface area contributed by atoms with Crippen LogP contribution in [0.1, 0.15) is 51.4 Å². The smallest absolute Gasteiger partial charge is 0.337 e. The number of amides is 1. The fraction of sp³-hybridized carbons (Fsp3) is 0.226. The number of furan rings is 1. The van der Waals surface area contributed by atoms with Crippen molar-refractivity contribution in [2.45, 2.75) is 32.4 Å². The lowest BCUT2D eigenvalue weighted by molar-refractivity contribution is -0.116. The molecule has 9 heteroatoms. The Labute approximate surface area is 238 Å². The lowest BCUT2D eigenvalue weighted by Crippen LogP contribution is -2.32. The van der Waals surface area contributed by atoms with E-state index in [1.165, 1.54) is 7.11 Å². The molecule has 5 rings (SSSR count). The maximum Gasteiger partial charge on any atom is 0.337 e. The number of rotatable bonds is 8. The molecule has 1 saturated heterocycles. The van der Waals surface area contributed by atoms with Crippen molar-refractivity contribution in [3.05, 3.63) is 107 Å². The third-order valence-electron chi connectivity index (χ3n) is 6.95. The number of hydrogen-bond donors (Lipinski definition) is 2. The molecule has 40 heavy (non-hydrogen) atoms. The van der Waals surface area contributed by atoms with Gasteiger partial charge in [0.2, 0.25) is 5.91 Å². The summed E-state index contributed by atoms with van der Waals surface area (Å²) in [5, 5.41) is 6.95. The van der Waals surface area contributed by atoms with Gasteiger partial charge in [0.25, 0.3) is 0 Å². The second kappa shape index (κ2) is 11.7. The van der Waals surface area contributed by atoms with E-state index in [1.807, 2.05) is 79.4 Å². The average molecular weight is 555 g/mol. The molecular weight excluding hydrogens is 524 g/mol. The largest absolute Gasteiger partial charge is 0.465 e. The molecule has 1 amide bonds. The van der Waals surface area contributed by atoms with Crippen LogP contribution in [0.3, 0.4) is 0 Å². The van der Waals surface area contributed by atoms with Gasteiger partial charge in [-0.05, 0) is 79.7 Å². The number of pyridine rings is 1. The van der Waals surface area contributed by atoms with Gasteiger partial charge in [0, 0.05) is 30.4 Å². The molecule has 2 N–H and O–H groups in total. The summed E-state index contributed by atoms with van der Waals surface area (Å²) >= 11 is 5.73. The standard InChI is InChI=1S/C31H30N4O4S/c1-19-7-8-20(2)24(18-19)33-27(36)15-17-35-29(28(34-31(35)40)23-6-4-5-16-32-23)26-14-13-25(39-26)21-9-11-22(12-10-21)30(37)38-3/h4-14,16,18,28-29H,15,17H2,1-3H3,(H,33,36)(H,34,40)/t28-,29-/m1/s1. The summed E-state index contributed by atoms with van der Waals surface area (Å²) in [5.74, 6) is 0.844. The number of nitrogens with zero attached hydrogens (tertiary/aromatic N) is 2. The Bertz CT molecular complexity index is 1530. The number of benzene rings is 2. The summed E-state index contributed by atoms with van der Waals surface area (Å²) in [7, 11) is 1.35. The lowest BCUT2D eigenvalue weighted by atomic mass is 10.0. The van der Waals surface area contributed by atoms with Crippen molar-refractivity contribution in [1.82, 2.24) is 15.2 Å². The molecule has 4 aromatic rings. The fourth-order valence-corrected chi connectivity index (χ4v) is 5.15. The number of methoxy groups -OCH3 is 1. The molecule has 204 valence electrons. The van der Waals surface area contributed by atoms with Crippen LogP contribution in [0, 0.1) is 13.8 Å². The van der Waals surface area contributed by atoms with E-state index in [9.17, 15) is 9.59 Å². The van der Waals surface area contributed by atoms with E-state index >= 15 is 0 Å². The summed E-state index contributed by atoms with van der Waals surface area (Å²) in [4.78, 5) is 31.3. The van der Waals surface area contributed by atoms with Crippen LogP contribution in [0.25, 0.3) is 11.3 Å². The number of ether oxygens (including phenoxy) is 1. The van der Waals surface area contributed by atoms with Crippen molar-refractivity contribution in [2.75, 3.05) is 19.0 Å². The van der Waals surface area contributed by atoms with Crippen LogP contribution in [0.2, 0.25) is 0 Å². The number of hydrogen-bond acceptors (Lipinski definition) is 6. The minimum absolute atomic E-state index is 0.0950. The highest BCUT2D eigenvalue weighted by Crippen LogP contribution is 2.40. The number of aryl methyl sites for hydroxylation is 2. The van der Waals surface area contributed by atoms with Gasteiger partial charge in [0.1, 0.15) is 17.6 Å². The highest BCUT2D eigenvalue weighted by atomic mass is 32.1. The monoisotopic (exact) mass is 554 g/mol. The van der Waals surface area contributed by atoms with Gasteiger partial charge in [-0.3, -0.25) is 9.78 Å². The molecule has 0 bridgehead atoms. The first-order chi connectivity index (χ1) is 19.3. The SMILES string of the molecule is COC(=O)c1ccc(-c2ccc([C@@H]3[C@@H](c4ccccn4)NC(=S)N3CCC(=O)Nc3cc(C)ccc3C)o2)cc1. The van der Waals surface area contributed by atoms with Crippen LogP contribution >= 0.6 is 12.2 Å². The van der Waals surface area contributed by atoms with Crippen LogP contribution in [0.4, 0.5) is 5.69 Å². The first kappa shape index (κ1) is 27.1. The van der Waals surface area contributed by atoms with Crippen LogP contribution in [0.5, 0.6) is 0 Å². The normalized spacial score (nSPS) is 16.5. The Balaban J connectivity index is 1.39. The highest BCUT2D eigenvalue weighted by molar-refractivity contribution is 7.80. The molecular formula is C31H30N4O4S. The molecule has 0 spiro atoms. The Morgan fingerprint density at radius 2 is 1.88 bits per heavy atom. The molecule has 1 aliphatic rings. The predicted molar refractivity (Wildman–Crippen MR) is 157 cm³/mol. The van der Waals surface area contributed by atoms with Gasteiger partial charge in [-0.2, -0.15) is 0 Å². The predicted octanol–water partition coefficient (Wildman–Crippen LogP) is 5.75. The molecule has 0 unspecified atom stereocenters. The zero-order chi connectivity index (χ0) is 28.2.